The molecule has 20 heavy (non-hydrogen) atoms. The summed E-state index contributed by atoms with van der Waals surface area (Å²) >= 11 is 3.31. The summed E-state index contributed by atoms with van der Waals surface area (Å²) in [7, 11) is 0. The van der Waals surface area contributed by atoms with Crippen LogP contribution in [0.2, 0.25) is 0 Å². The van der Waals surface area contributed by atoms with Gasteiger partial charge in [-0.15, -0.1) is 0 Å². The van der Waals surface area contributed by atoms with E-state index in [1.165, 1.54) is 18.2 Å². The summed E-state index contributed by atoms with van der Waals surface area (Å²) in [6.07, 6.45) is 0. The average molecular weight is 339 g/mol. The quantitative estimate of drug-likeness (QED) is 0.663. The summed E-state index contributed by atoms with van der Waals surface area (Å²) in [4.78, 5) is 10.3. The summed E-state index contributed by atoms with van der Waals surface area (Å²) in [5.41, 5.74) is 2.02. The monoisotopic (exact) mass is 338 g/mol. The van der Waals surface area contributed by atoms with Crippen molar-refractivity contribution in [1.29, 1.82) is 0 Å². The van der Waals surface area contributed by atoms with Crippen molar-refractivity contribution >= 4 is 27.3 Å². The molecule has 2 aromatic carbocycles. The van der Waals surface area contributed by atoms with Gasteiger partial charge in [0.15, 0.2) is 0 Å². The van der Waals surface area contributed by atoms with E-state index >= 15 is 0 Å². The van der Waals surface area contributed by atoms with E-state index in [1.807, 2.05) is 6.92 Å². The minimum Gasteiger partial charge on any atom is -0.380 e. The topological polar surface area (TPSA) is 55.2 Å². The Labute approximate surface area is 123 Å². The zero-order valence-corrected chi connectivity index (χ0v) is 12.3. The van der Waals surface area contributed by atoms with Crippen LogP contribution in [0.5, 0.6) is 0 Å². The third-order valence-corrected chi connectivity index (χ3v) is 3.52. The molecular weight excluding hydrogens is 327 g/mol. The molecule has 4 nitrogen and oxygen atoms in total. The molecule has 0 spiro atoms. The largest absolute Gasteiger partial charge is 0.380 e. The van der Waals surface area contributed by atoms with Gasteiger partial charge in [-0.05, 0) is 35.0 Å². The average Bonchev–Trinajstić information content (AvgIpc) is 2.41. The van der Waals surface area contributed by atoms with Crippen molar-refractivity contribution < 1.29 is 9.31 Å². The van der Waals surface area contributed by atoms with Gasteiger partial charge in [0.1, 0.15) is 5.82 Å². The molecule has 0 aliphatic heterocycles. The molecule has 0 aromatic heterocycles. The first-order valence-corrected chi connectivity index (χ1v) is 6.69. The van der Waals surface area contributed by atoms with Crippen LogP contribution in [0.1, 0.15) is 11.1 Å². The highest BCUT2D eigenvalue weighted by atomic mass is 79.9. The molecule has 0 saturated heterocycles. The fraction of sp³-hybridized carbons (Fsp3) is 0.143. The molecule has 6 heteroatoms. The number of hydrogen-bond donors (Lipinski definition) is 1. The van der Waals surface area contributed by atoms with E-state index in [0.717, 1.165) is 5.56 Å². The number of benzene rings is 2. The van der Waals surface area contributed by atoms with Gasteiger partial charge in [-0.3, -0.25) is 10.1 Å². The van der Waals surface area contributed by atoms with E-state index in [4.69, 9.17) is 0 Å². The van der Waals surface area contributed by atoms with Crippen molar-refractivity contribution in [1.82, 2.24) is 0 Å². The molecule has 2 rings (SSSR count). The lowest BCUT2D eigenvalue weighted by Crippen LogP contribution is -2.03. The number of hydrogen-bond acceptors (Lipinski definition) is 3. The lowest BCUT2D eigenvalue weighted by atomic mass is 10.1. The Bertz CT molecular complexity index is 662. The van der Waals surface area contributed by atoms with Crippen molar-refractivity contribution in [3.63, 3.8) is 0 Å². The van der Waals surface area contributed by atoms with Gasteiger partial charge >= 0.3 is 0 Å². The number of rotatable bonds is 4. The van der Waals surface area contributed by atoms with Gasteiger partial charge in [-0.2, -0.15) is 0 Å². The molecule has 0 saturated carbocycles. The van der Waals surface area contributed by atoms with Crippen LogP contribution in [-0.2, 0) is 6.54 Å². The molecular formula is C14H12BrFN2O2. The maximum atomic E-state index is 13.6. The number of nitrogens with zero attached hydrogens (tertiary/aromatic N) is 1. The summed E-state index contributed by atoms with van der Waals surface area (Å²) < 4.78 is 14.3. The number of non-ortho nitro benzene ring substituents is 1. The Morgan fingerprint density at radius 2 is 2.05 bits per heavy atom. The fourth-order valence-electron chi connectivity index (χ4n) is 1.79. The molecule has 0 atom stereocenters. The Kier molecular flexibility index (Phi) is 4.34. The van der Waals surface area contributed by atoms with Crippen molar-refractivity contribution in [3.05, 3.63) is 67.9 Å². The maximum Gasteiger partial charge on any atom is 0.271 e. The van der Waals surface area contributed by atoms with E-state index in [2.05, 4.69) is 21.2 Å². The Balaban J connectivity index is 2.20. The number of nitro groups is 1. The van der Waals surface area contributed by atoms with Crippen LogP contribution in [0.15, 0.2) is 40.9 Å². The van der Waals surface area contributed by atoms with Gasteiger partial charge in [0.25, 0.3) is 5.69 Å². The number of aryl methyl sites for hydroxylation is 1. The van der Waals surface area contributed by atoms with Gasteiger partial charge in [-0.25, -0.2) is 4.39 Å². The van der Waals surface area contributed by atoms with Crippen LogP contribution >= 0.6 is 15.9 Å². The highest BCUT2D eigenvalue weighted by molar-refractivity contribution is 9.10. The molecule has 0 heterocycles. The van der Waals surface area contributed by atoms with E-state index in [0.29, 0.717) is 15.7 Å². The molecule has 104 valence electrons. The Morgan fingerprint density at radius 3 is 2.75 bits per heavy atom. The Morgan fingerprint density at radius 1 is 1.30 bits per heavy atom. The first-order chi connectivity index (χ1) is 9.47. The summed E-state index contributed by atoms with van der Waals surface area (Å²) in [6.45, 7) is 2.14. The van der Waals surface area contributed by atoms with Crippen LogP contribution < -0.4 is 5.32 Å². The van der Waals surface area contributed by atoms with Gasteiger partial charge in [0, 0.05) is 28.7 Å². The zero-order valence-electron chi connectivity index (χ0n) is 10.7. The lowest BCUT2D eigenvalue weighted by Gasteiger charge is -2.10. The number of nitrogens with one attached hydrogen (secondary N) is 1. The highest BCUT2D eigenvalue weighted by Gasteiger charge is 2.10. The minimum absolute atomic E-state index is 0.0135. The number of nitro benzene ring substituents is 1. The van der Waals surface area contributed by atoms with E-state index < -0.39 is 4.92 Å². The maximum absolute atomic E-state index is 13.6. The predicted molar refractivity (Wildman–Crippen MR) is 79.3 cm³/mol. The summed E-state index contributed by atoms with van der Waals surface area (Å²) in [6, 6.07) is 9.26. The molecule has 1 N–H and O–H groups in total. The molecule has 0 radical (unpaired) electrons. The first-order valence-electron chi connectivity index (χ1n) is 5.90. The van der Waals surface area contributed by atoms with Crippen molar-refractivity contribution in [2.24, 2.45) is 0 Å². The zero-order chi connectivity index (χ0) is 14.7. The van der Waals surface area contributed by atoms with E-state index in [-0.39, 0.29) is 18.0 Å². The van der Waals surface area contributed by atoms with Gasteiger partial charge in [0.05, 0.1) is 10.6 Å². The minimum atomic E-state index is -0.467. The number of halogens is 2. The SMILES string of the molecule is Cc1ccc(F)c(CNc2cc([N+](=O)[O-])ccc2Br)c1. The van der Waals surface area contributed by atoms with E-state index in [9.17, 15) is 14.5 Å². The lowest BCUT2D eigenvalue weighted by molar-refractivity contribution is -0.384. The highest BCUT2D eigenvalue weighted by Crippen LogP contribution is 2.27. The van der Waals surface area contributed by atoms with Crippen molar-refractivity contribution in [3.8, 4) is 0 Å². The van der Waals surface area contributed by atoms with Gasteiger partial charge in [0.2, 0.25) is 0 Å². The van der Waals surface area contributed by atoms with Crippen molar-refractivity contribution in [2.45, 2.75) is 13.5 Å². The normalized spacial score (nSPS) is 10.3. The van der Waals surface area contributed by atoms with Crippen LogP contribution in [-0.4, -0.2) is 4.92 Å². The molecule has 0 aliphatic rings. The predicted octanol–water partition coefficient (Wildman–Crippen LogP) is 4.42. The summed E-state index contributed by atoms with van der Waals surface area (Å²) in [5, 5.41) is 13.7. The fourth-order valence-corrected chi connectivity index (χ4v) is 2.18. The second-order valence-electron chi connectivity index (χ2n) is 4.37. The molecule has 0 bridgehead atoms. The van der Waals surface area contributed by atoms with E-state index in [1.54, 1.807) is 18.2 Å². The smallest absolute Gasteiger partial charge is 0.271 e. The van der Waals surface area contributed by atoms with Crippen molar-refractivity contribution in [2.75, 3.05) is 5.32 Å². The van der Waals surface area contributed by atoms with Crippen LogP contribution in [0.3, 0.4) is 0 Å². The molecule has 0 aliphatic carbocycles. The van der Waals surface area contributed by atoms with Crippen LogP contribution in [0.4, 0.5) is 15.8 Å². The van der Waals surface area contributed by atoms with Crippen LogP contribution in [0, 0.1) is 22.9 Å². The number of anilines is 1. The standard InChI is InChI=1S/C14H12BrFN2O2/c1-9-2-5-13(16)10(6-9)8-17-14-7-11(18(19)20)3-4-12(14)15/h2-7,17H,8H2,1H3. The van der Waals surface area contributed by atoms with Gasteiger partial charge in [-0.1, -0.05) is 17.7 Å². The second-order valence-corrected chi connectivity index (χ2v) is 5.22. The third-order valence-electron chi connectivity index (χ3n) is 2.83. The van der Waals surface area contributed by atoms with Gasteiger partial charge < -0.3 is 5.32 Å². The summed E-state index contributed by atoms with van der Waals surface area (Å²) in [5.74, 6) is -0.301. The molecule has 0 fully saturated rings. The molecule has 2 aromatic rings. The second kappa shape index (κ2) is 6.00. The first kappa shape index (κ1) is 14.5. The molecule has 0 unspecified atom stereocenters. The molecule has 0 amide bonds. The Hall–Kier alpha value is -1.95. The van der Waals surface area contributed by atoms with Crippen LogP contribution in [0.25, 0.3) is 0 Å². The third kappa shape index (κ3) is 3.33.